The second kappa shape index (κ2) is 8.79. The number of fused-ring (bicyclic) bond motifs is 1. The fraction of sp³-hybridized carbons (Fsp3) is 0.0870. The predicted octanol–water partition coefficient (Wildman–Crippen LogP) is 3.25. The first-order chi connectivity index (χ1) is 15.9. The lowest BCUT2D eigenvalue weighted by Crippen LogP contribution is -2.15. The Balaban J connectivity index is 1.87. The average Bonchev–Trinajstić information content (AvgIpc) is 2.83. The molecule has 1 amide bonds. The van der Waals surface area contributed by atoms with Crippen LogP contribution in [0.2, 0.25) is 0 Å². The van der Waals surface area contributed by atoms with Gasteiger partial charge in [0.05, 0.1) is 47.8 Å². The summed E-state index contributed by atoms with van der Waals surface area (Å²) in [5.74, 6) is -1.48. The molecule has 0 spiro atoms. The van der Waals surface area contributed by atoms with Gasteiger partial charge in [0.1, 0.15) is 0 Å². The van der Waals surface area contributed by atoms with Crippen LogP contribution in [0.3, 0.4) is 0 Å². The second-order valence-corrected chi connectivity index (χ2v) is 6.90. The Morgan fingerprint density at radius 3 is 2.48 bits per heavy atom. The second-order valence-electron chi connectivity index (χ2n) is 6.90. The van der Waals surface area contributed by atoms with Gasteiger partial charge in [0.25, 0.3) is 5.91 Å². The fourth-order valence-corrected chi connectivity index (χ4v) is 3.40. The standard InChI is InChI=1S/C23H19N5O5/c1-32-21-15(10-26-23(28-21)33-2)12-7-8-13-18(9-12)25-11-16(20(24)29)19(13)27-17-6-4-3-5-14(17)22(30)31/h3-11H,1-2H3,(H2,24,29)(H,25,27)(H,30,31). The summed E-state index contributed by atoms with van der Waals surface area (Å²) in [7, 11) is 2.95. The molecular formula is C23H19N5O5. The van der Waals surface area contributed by atoms with Crippen molar-refractivity contribution in [2.75, 3.05) is 19.5 Å². The van der Waals surface area contributed by atoms with Crippen molar-refractivity contribution in [3.05, 3.63) is 66.0 Å². The minimum atomic E-state index is -1.11. The Hall–Kier alpha value is -4.73. The number of methoxy groups -OCH3 is 2. The lowest BCUT2D eigenvalue weighted by atomic mass is 10.0. The van der Waals surface area contributed by atoms with Gasteiger partial charge in [0.15, 0.2) is 0 Å². The van der Waals surface area contributed by atoms with E-state index in [4.69, 9.17) is 15.2 Å². The van der Waals surface area contributed by atoms with Crippen LogP contribution in [-0.4, -0.2) is 46.2 Å². The van der Waals surface area contributed by atoms with Crippen LogP contribution in [0.4, 0.5) is 11.4 Å². The van der Waals surface area contributed by atoms with Gasteiger partial charge in [-0.2, -0.15) is 4.98 Å². The Labute approximate surface area is 188 Å². The molecule has 0 saturated carbocycles. The first kappa shape index (κ1) is 21.5. The maximum absolute atomic E-state index is 12.1. The summed E-state index contributed by atoms with van der Waals surface area (Å²) in [6.45, 7) is 0. The third kappa shape index (κ3) is 4.09. The highest BCUT2D eigenvalue weighted by Gasteiger charge is 2.18. The first-order valence-electron chi connectivity index (χ1n) is 9.70. The Morgan fingerprint density at radius 1 is 1.00 bits per heavy atom. The van der Waals surface area contributed by atoms with Gasteiger partial charge in [-0.3, -0.25) is 9.78 Å². The maximum atomic E-state index is 12.1. The number of nitrogens with one attached hydrogen (secondary N) is 1. The number of rotatable bonds is 7. The quantitative estimate of drug-likeness (QED) is 0.389. The number of carboxylic acid groups (broad SMARTS) is 1. The maximum Gasteiger partial charge on any atom is 0.337 e. The summed E-state index contributed by atoms with van der Waals surface area (Å²) >= 11 is 0. The number of aromatic nitrogens is 3. The number of carbonyl (C=O) groups excluding carboxylic acids is 1. The van der Waals surface area contributed by atoms with E-state index >= 15 is 0 Å². The molecule has 10 heteroatoms. The molecule has 0 aliphatic carbocycles. The summed E-state index contributed by atoms with van der Waals surface area (Å²) in [5.41, 5.74) is 8.28. The lowest BCUT2D eigenvalue weighted by molar-refractivity contribution is 0.0697. The van der Waals surface area contributed by atoms with Crippen molar-refractivity contribution < 1.29 is 24.2 Å². The van der Waals surface area contributed by atoms with E-state index in [0.29, 0.717) is 33.7 Å². The van der Waals surface area contributed by atoms with Crippen molar-refractivity contribution in [3.8, 4) is 23.0 Å². The molecule has 0 radical (unpaired) electrons. The molecule has 2 aromatic carbocycles. The average molecular weight is 445 g/mol. The predicted molar refractivity (Wildman–Crippen MR) is 121 cm³/mol. The highest BCUT2D eigenvalue weighted by atomic mass is 16.5. The van der Waals surface area contributed by atoms with Gasteiger partial charge in [-0.05, 0) is 23.8 Å². The molecule has 166 valence electrons. The third-order valence-electron chi connectivity index (χ3n) is 4.97. The van der Waals surface area contributed by atoms with Gasteiger partial charge in [-0.1, -0.05) is 24.3 Å². The zero-order chi connectivity index (χ0) is 23.5. The molecule has 0 unspecified atom stereocenters. The van der Waals surface area contributed by atoms with E-state index in [1.807, 2.05) is 0 Å². The zero-order valence-electron chi connectivity index (χ0n) is 17.7. The van der Waals surface area contributed by atoms with Crippen LogP contribution >= 0.6 is 0 Å². The number of para-hydroxylation sites is 1. The molecule has 0 atom stereocenters. The van der Waals surface area contributed by atoms with Crippen LogP contribution in [0.25, 0.3) is 22.0 Å². The number of ether oxygens (including phenoxy) is 2. The number of aromatic carboxylic acids is 1. The number of carboxylic acids is 1. The van der Waals surface area contributed by atoms with Gasteiger partial charge < -0.3 is 25.6 Å². The Kier molecular flexibility index (Phi) is 5.73. The SMILES string of the molecule is COc1ncc(-c2ccc3c(Nc4ccccc4C(=O)O)c(C(N)=O)cnc3c2)c(OC)n1. The summed E-state index contributed by atoms with van der Waals surface area (Å²) in [4.78, 5) is 36.4. The number of benzene rings is 2. The number of pyridine rings is 1. The topological polar surface area (TPSA) is 150 Å². The smallest absolute Gasteiger partial charge is 0.337 e. The number of hydrogen-bond acceptors (Lipinski definition) is 8. The van der Waals surface area contributed by atoms with E-state index in [1.165, 1.54) is 26.5 Å². The Morgan fingerprint density at radius 2 is 1.79 bits per heavy atom. The lowest BCUT2D eigenvalue weighted by Gasteiger charge is -2.15. The fourth-order valence-electron chi connectivity index (χ4n) is 3.40. The monoisotopic (exact) mass is 445 g/mol. The van der Waals surface area contributed by atoms with Crippen LogP contribution in [0.5, 0.6) is 11.9 Å². The van der Waals surface area contributed by atoms with Crippen molar-refractivity contribution >= 4 is 34.2 Å². The molecule has 0 fully saturated rings. The van der Waals surface area contributed by atoms with Gasteiger partial charge in [0, 0.05) is 17.8 Å². The molecule has 0 bridgehead atoms. The van der Waals surface area contributed by atoms with E-state index in [1.54, 1.807) is 42.6 Å². The minimum absolute atomic E-state index is 0.0506. The molecule has 33 heavy (non-hydrogen) atoms. The molecule has 0 aliphatic rings. The van der Waals surface area contributed by atoms with E-state index < -0.39 is 11.9 Å². The molecule has 4 rings (SSSR count). The van der Waals surface area contributed by atoms with Gasteiger partial charge >= 0.3 is 12.0 Å². The van der Waals surface area contributed by atoms with E-state index in [2.05, 4.69) is 20.3 Å². The van der Waals surface area contributed by atoms with E-state index in [-0.39, 0.29) is 17.1 Å². The number of nitrogens with zero attached hydrogens (tertiary/aromatic N) is 3. The highest BCUT2D eigenvalue weighted by Crippen LogP contribution is 2.35. The van der Waals surface area contributed by atoms with Crippen molar-refractivity contribution in [2.24, 2.45) is 5.73 Å². The Bertz CT molecular complexity index is 1390. The summed E-state index contributed by atoms with van der Waals surface area (Å²) < 4.78 is 10.4. The van der Waals surface area contributed by atoms with Crippen LogP contribution in [-0.2, 0) is 0 Å². The number of anilines is 2. The summed E-state index contributed by atoms with van der Waals surface area (Å²) in [6, 6.07) is 11.9. The number of primary amides is 1. The normalized spacial score (nSPS) is 10.6. The molecule has 0 aliphatic heterocycles. The van der Waals surface area contributed by atoms with E-state index in [0.717, 1.165) is 5.56 Å². The molecule has 4 N–H and O–H groups in total. The number of nitrogens with two attached hydrogens (primary N) is 1. The van der Waals surface area contributed by atoms with Gasteiger partial charge in [-0.25, -0.2) is 9.78 Å². The van der Waals surface area contributed by atoms with Gasteiger partial charge in [0.2, 0.25) is 5.88 Å². The van der Waals surface area contributed by atoms with Crippen LogP contribution in [0.15, 0.2) is 54.9 Å². The van der Waals surface area contributed by atoms with Crippen molar-refractivity contribution in [2.45, 2.75) is 0 Å². The van der Waals surface area contributed by atoms with Crippen LogP contribution in [0, 0.1) is 0 Å². The summed E-state index contributed by atoms with van der Waals surface area (Å²) in [5, 5.41) is 13.1. The first-order valence-corrected chi connectivity index (χ1v) is 9.70. The molecule has 4 aromatic rings. The molecule has 2 heterocycles. The number of hydrogen-bond donors (Lipinski definition) is 3. The van der Waals surface area contributed by atoms with Crippen LogP contribution in [0.1, 0.15) is 20.7 Å². The summed E-state index contributed by atoms with van der Waals surface area (Å²) in [6.07, 6.45) is 2.92. The molecule has 2 aromatic heterocycles. The largest absolute Gasteiger partial charge is 0.480 e. The molecule has 10 nitrogen and oxygen atoms in total. The van der Waals surface area contributed by atoms with Crippen molar-refractivity contribution in [3.63, 3.8) is 0 Å². The molecular weight excluding hydrogens is 426 g/mol. The zero-order valence-corrected chi connectivity index (χ0v) is 17.7. The third-order valence-corrected chi connectivity index (χ3v) is 4.97. The number of carbonyl (C=O) groups is 2. The van der Waals surface area contributed by atoms with Crippen molar-refractivity contribution in [1.82, 2.24) is 15.0 Å². The van der Waals surface area contributed by atoms with Gasteiger partial charge in [-0.15, -0.1) is 0 Å². The highest BCUT2D eigenvalue weighted by molar-refractivity contribution is 6.09. The van der Waals surface area contributed by atoms with Crippen LogP contribution < -0.4 is 20.5 Å². The van der Waals surface area contributed by atoms with Crippen molar-refractivity contribution in [1.29, 1.82) is 0 Å². The molecule has 0 saturated heterocycles. The minimum Gasteiger partial charge on any atom is -0.480 e. The van der Waals surface area contributed by atoms with E-state index in [9.17, 15) is 14.7 Å². The number of amides is 1.